The maximum atomic E-state index is 6.50. The van der Waals surface area contributed by atoms with Gasteiger partial charge in [-0.3, -0.25) is 4.90 Å². The Balaban J connectivity index is 1.97. The number of rotatable bonds is 7. The van der Waals surface area contributed by atoms with Gasteiger partial charge in [0.2, 0.25) is 0 Å². The summed E-state index contributed by atoms with van der Waals surface area (Å²) in [4.78, 5) is 2.64. The molecule has 1 aliphatic rings. The van der Waals surface area contributed by atoms with Crippen LogP contribution >= 0.6 is 11.6 Å². The zero-order valence-corrected chi connectivity index (χ0v) is 17.6. The van der Waals surface area contributed by atoms with E-state index in [-0.39, 0.29) is 5.54 Å². The smallest absolute Gasteiger partial charge is 0.0603 e. The van der Waals surface area contributed by atoms with Gasteiger partial charge in [-0.1, -0.05) is 80.9 Å². The molecule has 27 heavy (non-hydrogen) atoms. The lowest BCUT2D eigenvalue weighted by Crippen LogP contribution is -2.63. The quantitative estimate of drug-likeness (QED) is 0.662. The maximum absolute atomic E-state index is 6.50. The van der Waals surface area contributed by atoms with Gasteiger partial charge in [-0.05, 0) is 23.6 Å². The number of hydrazine groups is 1. The van der Waals surface area contributed by atoms with Gasteiger partial charge < -0.3 is 0 Å². The van der Waals surface area contributed by atoms with Gasteiger partial charge in [-0.2, -0.15) is 0 Å². The van der Waals surface area contributed by atoms with Gasteiger partial charge in [0.1, 0.15) is 0 Å². The van der Waals surface area contributed by atoms with Crippen LogP contribution in [0.25, 0.3) is 0 Å². The van der Waals surface area contributed by atoms with Crippen molar-refractivity contribution in [3.63, 3.8) is 0 Å². The molecule has 2 aromatic carbocycles. The Morgan fingerprint density at radius 1 is 0.926 bits per heavy atom. The van der Waals surface area contributed by atoms with Crippen molar-refractivity contribution in [2.75, 3.05) is 32.7 Å². The molecule has 1 aliphatic heterocycles. The van der Waals surface area contributed by atoms with Crippen molar-refractivity contribution in [1.82, 2.24) is 14.9 Å². The molecule has 0 bridgehead atoms. The van der Waals surface area contributed by atoms with Crippen LogP contribution in [-0.4, -0.2) is 47.6 Å². The van der Waals surface area contributed by atoms with Gasteiger partial charge in [-0.15, -0.1) is 0 Å². The van der Waals surface area contributed by atoms with E-state index < -0.39 is 0 Å². The molecule has 3 nitrogen and oxygen atoms in total. The first-order chi connectivity index (χ1) is 13.1. The van der Waals surface area contributed by atoms with Gasteiger partial charge in [0.25, 0.3) is 0 Å². The van der Waals surface area contributed by atoms with Crippen LogP contribution in [0.2, 0.25) is 5.02 Å². The highest BCUT2D eigenvalue weighted by atomic mass is 35.5. The molecule has 3 rings (SSSR count). The van der Waals surface area contributed by atoms with Crippen molar-refractivity contribution in [3.05, 3.63) is 70.7 Å². The lowest BCUT2D eigenvalue weighted by molar-refractivity contribution is -0.114. The first-order valence-electron chi connectivity index (χ1n) is 10.2. The highest BCUT2D eigenvalue weighted by molar-refractivity contribution is 6.31. The zero-order chi connectivity index (χ0) is 19.3. The van der Waals surface area contributed by atoms with E-state index in [0.29, 0.717) is 0 Å². The molecule has 0 amide bonds. The summed E-state index contributed by atoms with van der Waals surface area (Å²) in [5.74, 6) is 0. The second-order valence-corrected chi connectivity index (χ2v) is 7.70. The third-order valence-corrected chi connectivity index (χ3v) is 6.39. The molecule has 2 aromatic rings. The zero-order valence-electron chi connectivity index (χ0n) is 16.9. The highest BCUT2D eigenvalue weighted by Gasteiger charge is 2.42. The van der Waals surface area contributed by atoms with E-state index in [0.717, 1.165) is 50.7 Å². The summed E-state index contributed by atoms with van der Waals surface area (Å²) in [7, 11) is 0. The largest absolute Gasteiger partial charge is 0.287 e. The molecule has 0 radical (unpaired) electrons. The van der Waals surface area contributed by atoms with E-state index in [1.54, 1.807) is 0 Å². The molecule has 1 heterocycles. The Kier molecular flexibility index (Phi) is 6.93. The SMILES string of the molecule is CCN(CC)N1CCN(Cc2ccccc2Cl)C(CC)(c2ccccc2)C1. The summed E-state index contributed by atoms with van der Waals surface area (Å²) in [6.07, 6.45) is 1.07. The molecule has 0 N–H and O–H groups in total. The Morgan fingerprint density at radius 3 is 2.22 bits per heavy atom. The summed E-state index contributed by atoms with van der Waals surface area (Å²) in [5, 5.41) is 5.89. The molecular formula is C23H32ClN3. The first kappa shape index (κ1) is 20.3. The van der Waals surface area contributed by atoms with Crippen molar-refractivity contribution in [1.29, 1.82) is 0 Å². The van der Waals surface area contributed by atoms with E-state index >= 15 is 0 Å². The molecule has 0 aliphatic carbocycles. The van der Waals surface area contributed by atoms with Crippen molar-refractivity contribution in [2.24, 2.45) is 0 Å². The van der Waals surface area contributed by atoms with E-state index in [4.69, 9.17) is 11.6 Å². The number of halogens is 1. The van der Waals surface area contributed by atoms with Crippen LogP contribution in [0.5, 0.6) is 0 Å². The second kappa shape index (κ2) is 9.20. The third kappa shape index (κ3) is 4.22. The second-order valence-electron chi connectivity index (χ2n) is 7.29. The lowest BCUT2D eigenvalue weighted by Gasteiger charge is -2.53. The molecule has 0 saturated carbocycles. The number of hydrogen-bond donors (Lipinski definition) is 0. The first-order valence-corrected chi connectivity index (χ1v) is 10.6. The van der Waals surface area contributed by atoms with Gasteiger partial charge in [0.05, 0.1) is 5.54 Å². The monoisotopic (exact) mass is 385 g/mol. The van der Waals surface area contributed by atoms with E-state index in [2.05, 4.69) is 78.2 Å². The maximum Gasteiger partial charge on any atom is 0.0603 e. The number of hydrogen-bond acceptors (Lipinski definition) is 3. The molecule has 1 atom stereocenters. The van der Waals surface area contributed by atoms with Crippen LogP contribution in [0.4, 0.5) is 0 Å². The van der Waals surface area contributed by atoms with Crippen LogP contribution in [0, 0.1) is 0 Å². The average Bonchev–Trinajstić information content (AvgIpc) is 2.72. The van der Waals surface area contributed by atoms with Gasteiger partial charge >= 0.3 is 0 Å². The summed E-state index contributed by atoms with van der Waals surface area (Å²) < 4.78 is 0. The minimum atomic E-state index is -0.0126. The molecule has 0 aromatic heterocycles. The molecular weight excluding hydrogens is 354 g/mol. The van der Waals surface area contributed by atoms with Crippen LogP contribution in [0.1, 0.15) is 38.3 Å². The van der Waals surface area contributed by atoms with Gasteiger partial charge in [-0.25, -0.2) is 10.0 Å². The van der Waals surface area contributed by atoms with Crippen LogP contribution in [-0.2, 0) is 12.1 Å². The molecule has 1 fully saturated rings. The van der Waals surface area contributed by atoms with Gasteiger partial charge in [0, 0.05) is 44.3 Å². The standard InChI is InChI=1S/C23H32ClN3/c1-4-23(21-13-8-7-9-14-21)19-27(26(5-2)6-3)17-16-25(23)18-20-12-10-11-15-22(20)24/h7-15H,4-6,16-19H2,1-3H3. The fourth-order valence-electron chi connectivity index (χ4n) is 4.42. The van der Waals surface area contributed by atoms with E-state index in [1.165, 1.54) is 11.1 Å². The minimum absolute atomic E-state index is 0.0126. The van der Waals surface area contributed by atoms with E-state index in [9.17, 15) is 0 Å². The van der Waals surface area contributed by atoms with Gasteiger partial charge in [0.15, 0.2) is 0 Å². The summed E-state index contributed by atoms with van der Waals surface area (Å²) >= 11 is 6.50. The summed E-state index contributed by atoms with van der Waals surface area (Å²) in [5.41, 5.74) is 2.60. The summed E-state index contributed by atoms with van der Waals surface area (Å²) in [6.45, 7) is 12.9. The Labute approximate surface area is 169 Å². The minimum Gasteiger partial charge on any atom is -0.287 e. The van der Waals surface area contributed by atoms with Crippen LogP contribution in [0.3, 0.4) is 0 Å². The predicted molar refractivity (Wildman–Crippen MR) is 115 cm³/mol. The number of piperazine rings is 1. The molecule has 1 saturated heterocycles. The van der Waals surface area contributed by atoms with E-state index in [1.807, 2.05) is 12.1 Å². The fourth-order valence-corrected chi connectivity index (χ4v) is 4.62. The molecule has 1 unspecified atom stereocenters. The molecule has 146 valence electrons. The topological polar surface area (TPSA) is 9.72 Å². The predicted octanol–water partition coefficient (Wildman–Crippen LogP) is 5.02. The normalized spacial score (nSPS) is 21.7. The molecule has 0 spiro atoms. The van der Waals surface area contributed by atoms with Crippen molar-refractivity contribution >= 4 is 11.6 Å². The Hall–Kier alpha value is -1.39. The number of benzene rings is 2. The average molecular weight is 386 g/mol. The highest BCUT2D eigenvalue weighted by Crippen LogP contribution is 2.38. The Morgan fingerprint density at radius 2 is 1.59 bits per heavy atom. The molecule has 4 heteroatoms. The lowest BCUT2D eigenvalue weighted by atomic mass is 9.83. The third-order valence-electron chi connectivity index (χ3n) is 6.02. The van der Waals surface area contributed by atoms with Crippen LogP contribution in [0.15, 0.2) is 54.6 Å². The fraction of sp³-hybridized carbons (Fsp3) is 0.478. The van der Waals surface area contributed by atoms with Crippen molar-refractivity contribution in [2.45, 2.75) is 39.3 Å². The van der Waals surface area contributed by atoms with Crippen molar-refractivity contribution < 1.29 is 0 Å². The van der Waals surface area contributed by atoms with Crippen molar-refractivity contribution in [3.8, 4) is 0 Å². The Bertz CT molecular complexity index is 717. The summed E-state index contributed by atoms with van der Waals surface area (Å²) in [6, 6.07) is 19.3. The van der Waals surface area contributed by atoms with Crippen LogP contribution < -0.4 is 0 Å². The number of nitrogens with zero attached hydrogens (tertiary/aromatic N) is 3.